The van der Waals surface area contributed by atoms with Crippen LogP contribution in [0.15, 0.2) is 18.2 Å². The fraction of sp³-hybridized carbons (Fsp3) is 0.417. The second kappa shape index (κ2) is 6.25. The van der Waals surface area contributed by atoms with Gasteiger partial charge in [-0.3, -0.25) is 4.79 Å². The van der Waals surface area contributed by atoms with Gasteiger partial charge in [0.15, 0.2) is 9.84 Å². The minimum absolute atomic E-state index is 0.0197. The molecule has 0 radical (unpaired) electrons. The van der Waals surface area contributed by atoms with Crippen LogP contribution >= 0.6 is 11.6 Å². The molecule has 7 heteroatoms. The summed E-state index contributed by atoms with van der Waals surface area (Å²) >= 11 is 5.88. The van der Waals surface area contributed by atoms with Gasteiger partial charge in [0.25, 0.3) is 0 Å². The molecule has 1 aromatic rings. The number of anilines is 2. The van der Waals surface area contributed by atoms with Gasteiger partial charge in [0, 0.05) is 5.69 Å². The largest absolute Gasteiger partial charge is 0.399 e. The smallest absolute Gasteiger partial charge is 0.239 e. The highest BCUT2D eigenvalue weighted by molar-refractivity contribution is 7.92. The van der Waals surface area contributed by atoms with Crippen molar-refractivity contribution in [1.29, 1.82) is 0 Å². The lowest BCUT2D eigenvalue weighted by molar-refractivity contribution is -0.113. The first-order valence-corrected chi connectivity index (χ1v) is 7.95. The molecule has 5 nitrogen and oxygen atoms in total. The number of nitrogens with two attached hydrogens (primary N) is 1. The van der Waals surface area contributed by atoms with Crippen molar-refractivity contribution in [3.63, 3.8) is 0 Å². The number of nitrogens with one attached hydrogen (secondary N) is 1. The first-order valence-electron chi connectivity index (χ1n) is 5.75. The molecule has 0 heterocycles. The van der Waals surface area contributed by atoms with Crippen LogP contribution in [0.2, 0.25) is 5.02 Å². The number of halogens is 1. The van der Waals surface area contributed by atoms with E-state index in [-0.39, 0.29) is 11.7 Å². The molecule has 0 atom stereocenters. The van der Waals surface area contributed by atoms with Crippen molar-refractivity contribution in [2.24, 2.45) is 5.92 Å². The highest BCUT2D eigenvalue weighted by Gasteiger charge is 2.18. The predicted octanol–water partition coefficient (Wildman–Crippen LogP) is 1.93. The number of nitrogen functional groups attached to an aromatic ring is 1. The van der Waals surface area contributed by atoms with Crippen LogP contribution in [-0.2, 0) is 14.6 Å². The van der Waals surface area contributed by atoms with Gasteiger partial charge in [-0.2, -0.15) is 0 Å². The van der Waals surface area contributed by atoms with Gasteiger partial charge in [-0.15, -0.1) is 0 Å². The highest BCUT2D eigenvalue weighted by atomic mass is 35.5. The maximum Gasteiger partial charge on any atom is 0.239 e. The molecule has 0 saturated heterocycles. The van der Waals surface area contributed by atoms with Gasteiger partial charge in [0.1, 0.15) is 5.75 Å². The first-order chi connectivity index (χ1) is 8.69. The number of rotatable bonds is 5. The van der Waals surface area contributed by atoms with Crippen molar-refractivity contribution < 1.29 is 13.2 Å². The van der Waals surface area contributed by atoms with E-state index < -0.39 is 21.5 Å². The molecule has 0 aliphatic heterocycles. The van der Waals surface area contributed by atoms with E-state index in [0.29, 0.717) is 16.4 Å². The summed E-state index contributed by atoms with van der Waals surface area (Å²) in [4.78, 5) is 11.7. The van der Waals surface area contributed by atoms with E-state index in [9.17, 15) is 13.2 Å². The highest BCUT2D eigenvalue weighted by Crippen LogP contribution is 2.24. The average molecular weight is 305 g/mol. The molecule has 3 N–H and O–H groups in total. The van der Waals surface area contributed by atoms with Crippen LogP contribution < -0.4 is 11.1 Å². The summed E-state index contributed by atoms with van der Waals surface area (Å²) in [5.74, 6) is -1.22. The maximum atomic E-state index is 11.7. The third kappa shape index (κ3) is 5.48. The number of hydrogen-bond donors (Lipinski definition) is 2. The Hall–Kier alpha value is -1.27. The van der Waals surface area contributed by atoms with Crippen molar-refractivity contribution in [1.82, 2.24) is 0 Å². The Morgan fingerprint density at radius 1 is 1.42 bits per heavy atom. The van der Waals surface area contributed by atoms with E-state index in [1.807, 2.05) is 0 Å². The van der Waals surface area contributed by atoms with Gasteiger partial charge in [-0.05, 0) is 24.1 Å². The number of amides is 1. The Kier molecular flexibility index (Phi) is 5.20. The lowest BCUT2D eigenvalue weighted by Gasteiger charge is -2.09. The number of carbonyl (C=O) groups excluding carboxylic acids is 1. The summed E-state index contributed by atoms with van der Waals surface area (Å²) in [5, 5.41) is 2.76. The van der Waals surface area contributed by atoms with E-state index in [1.54, 1.807) is 19.9 Å². The second-order valence-electron chi connectivity index (χ2n) is 4.74. The van der Waals surface area contributed by atoms with Gasteiger partial charge < -0.3 is 11.1 Å². The van der Waals surface area contributed by atoms with Crippen molar-refractivity contribution >= 4 is 38.7 Å². The van der Waals surface area contributed by atoms with Gasteiger partial charge in [0.2, 0.25) is 5.91 Å². The number of benzene rings is 1. The van der Waals surface area contributed by atoms with E-state index in [4.69, 9.17) is 17.3 Å². The zero-order valence-corrected chi connectivity index (χ0v) is 12.4. The topological polar surface area (TPSA) is 89.3 Å². The normalized spacial score (nSPS) is 11.6. The molecule has 0 unspecified atom stereocenters. The molecule has 0 aliphatic rings. The fourth-order valence-corrected chi connectivity index (χ4v) is 3.36. The zero-order valence-electron chi connectivity index (χ0n) is 10.8. The molecule has 0 aliphatic carbocycles. The monoisotopic (exact) mass is 304 g/mol. The van der Waals surface area contributed by atoms with Crippen molar-refractivity contribution in [2.45, 2.75) is 13.8 Å². The average Bonchev–Trinajstić information content (AvgIpc) is 2.20. The van der Waals surface area contributed by atoms with Crippen LogP contribution in [-0.4, -0.2) is 25.8 Å². The molecule has 0 spiro atoms. The summed E-state index contributed by atoms with van der Waals surface area (Å²) in [5.41, 5.74) is 6.31. The first kappa shape index (κ1) is 15.8. The lowest BCUT2D eigenvalue weighted by Crippen LogP contribution is -2.26. The summed E-state index contributed by atoms with van der Waals surface area (Å²) in [6, 6.07) is 4.61. The molecule has 19 heavy (non-hydrogen) atoms. The third-order valence-corrected chi connectivity index (χ3v) is 4.41. The summed E-state index contributed by atoms with van der Waals surface area (Å²) < 4.78 is 23.3. The van der Waals surface area contributed by atoms with Crippen molar-refractivity contribution in [3.05, 3.63) is 23.2 Å². The Morgan fingerprint density at radius 3 is 2.63 bits per heavy atom. The summed E-state index contributed by atoms with van der Waals surface area (Å²) in [6.45, 7) is 3.56. The lowest BCUT2D eigenvalue weighted by atomic mass is 10.3. The number of carbonyl (C=O) groups is 1. The molecule has 0 bridgehead atoms. The quantitative estimate of drug-likeness (QED) is 0.813. The van der Waals surface area contributed by atoms with Crippen LogP contribution in [0.5, 0.6) is 0 Å². The molecule has 1 aromatic carbocycles. The predicted molar refractivity (Wildman–Crippen MR) is 78.0 cm³/mol. The van der Waals surface area contributed by atoms with E-state index in [2.05, 4.69) is 5.32 Å². The zero-order chi connectivity index (χ0) is 14.6. The van der Waals surface area contributed by atoms with Crippen LogP contribution in [0.25, 0.3) is 0 Å². The van der Waals surface area contributed by atoms with Gasteiger partial charge >= 0.3 is 0 Å². The molecule has 106 valence electrons. The molecule has 1 rings (SSSR count). The van der Waals surface area contributed by atoms with Crippen LogP contribution in [0.3, 0.4) is 0 Å². The molecule has 0 aromatic heterocycles. The summed E-state index contributed by atoms with van der Waals surface area (Å²) in [6.07, 6.45) is 0. The molecule has 1 amide bonds. The maximum absolute atomic E-state index is 11.7. The van der Waals surface area contributed by atoms with Crippen LogP contribution in [0.4, 0.5) is 11.4 Å². The van der Waals surface area contributed by atoms with Gasteiger partial charge in [-0.1, -0.05) is 25.4 Å². The minimum Gasteiger partial charge on any atom is -0.399 e. The SMILES string of the molecule is CC(C)CS(=O)(=O)CC(=O)Nc1cc(N)ccc1Cl. The van der Waals surface area contributed by atoms with Gasteiger partial charge in [-0.25, -0.2) is 8.42 Å². The number of hydrogen-bond acceptors (Lipinski definition) is 4. The van der Waals surface area contributed by atoms with E-state index in [1.165, 1.54) is 12.1 Å². The minimum atomic E-state index is -3.41. The van der Waals surface area contributed by atoms with Crippen molar-refractivity contribution in [3.8, 4) is 0 Å². The van der Waals surface area contributed by atoms with Crippen LogP contribution in [0.1, 0.15) is 13.8 Å². The summed E-state index contributed by atoms with van der Waals surface area (Å²) in [7, 11) is -3.41. The van der Waals surface area contributed by atoms with Crippen molar-refractivity contribution in [2.75, 3.05) is 22.6 Å². The van der Waals surface area contributed by atoms with Crippen LogP contribution in [0, 0.1) is 5.92 Å². The Bertz CT molecular complexity index is 570. The standard InChI is InChI=1S/C12H17ClN2O3S/c1-8(2)6-19(17,18)7-12(16)15-11-5-9(14)3-4-10(11)13/h3-5,8H,6-7,14H2,1-2H3,(H,15,16). The van der Waals surface area contributed by atoms with E-state index >= 15 is 0 Å². The Labute approximate surface area is 118 Å². The molecule has 0 saturated carbocycles. The molecular formula is C12H17ClN2O3S. The molecule has 0 fully saturated rings. The van der Waals surface area contributed by atoms with E-state index in [0.717, 1.165) is 0 Å². The third-order valence-electron chi connectivity index (χ3n) is 2.20. The second-order valence-corrected chi connectivity index (χ2v) is 7.25. The van der Waals surface area contributed by atoms with Gasteiger partial charge in [0.05, 0.1) is 16.5 Å². The Morgan fingerprint density at radius 2 is 2.05 bits per heavy atom. The Balaban J connectivity index is 2.73. The fourth-order valence-electron chi connectivity index (χ4n) is 1.59. The number of sulfone groups is 1. The molecular weight excluding hydrogens is 288 g/mol.